The minimum Gasteiger partial charge on any atom is -0.493 e. The summed E-state index contributed by atoms with van der Waals surface area (Å²) in [5.41, 5.74) is 2.90. The molecule has 0 radical (unpaired) electrons. The molecule has 124 valence electrons. The van der Waals surface area contributed by atoms with Gasteiger partial charge in [0.25, 0.3) is 5.91 Å². The number of anilines is 1. The maximum Gasteiger partial charge on any atom is 0.275 e. The van der Waals surface area contributed by atoms with Crippen molar-refractivity contribution in [1.82, 2.24) is 9.38 Å². The summed E-state index contributed by atoms with van der Waals surface area (Å²) in [5.74, 6) is 1.04. The van der Waals surface area contributed by atoms with E-state index in [9.17, 15) is 4.79 Å². The van der Waals surface area contributed by atoms with E-state index in [0.717, 1.165) is 17.1 Å². The number of ether oxygens (including phenoxy) is 1. The Morgan fingerprint density at radius 3 is 2.62 bits per heavy atom. The van der Waals surface area contributed by atoms with E-state index in [1.807, 2.05) is 53.8 Å². The summed E-state index contributed by atoms with van der Waals surface area (Å²) in [7, 11) is 0. The summed E-state index contributed by atoms with van der Waals surface area (Å²) in [6.45, 7) is 6.86. The predicted octanol–water partition coefficient (Wildman–Crippen LogP) is 3.93. The van der Waals surface area contributed by atoms with E-state index in [2.05, 4.69) is 24.1 Å². The molecule has 0 aliphatic carbocycles. The number of amides is 1. The van der Waals surface area contributed by atoms with Crippen molar-refractivity contribution in [3.63, 3.8) is 0 Å². The first-order valence-electron chi connectivity index (χ1n) is 8.02. The molecule has 3 rings (SSSR count). The third-order valence-corrected chi connectivity index (χ3v) is 3.62. The van der Waals surface area contributed by atoms with Gasteiger partial charge < -0.3 is 14.5 Å². The number of hydrogen-bond acceptors (Lipinski definition) is 3. The van der Waals surface area contributed by atoms with Crippen molar-refractivity contribution in [3.05, 3.63) is 60.0 Å². The van der Waals surface area contributed by atoms with E-state index in [0.29, 0.717) is 23.9 Å². The number of imidazole rings is 1. The summed E-state index contributed by atoms with van der Waals surface area (Å²) in [4.78, 5) is 16.7. The average Bonchev–Trinajstić information content (AvgIpc) is 3.00. The van der Waals surface area contributed by atoms with Crippen LogP contribution in [0.2, 0.25) is 0 Å². The molecule has 24 heavy (non-hydrogen) atoms. The second-order valence-electron chi connectivity index (χ2n) is 6.20. The lowest BCUT2D eigenvalue weighted by Gasteiger charge is -2.09. The number of nitrogens with zero attached hydrogens (tertiary/aromatic N) is 2. The van der Waals surface area contributed by atoms with Crippen molar-refractivity contribution < 1.29 is 9.53 Å². The van der Waals surface area contributed by atoms with Crippen molar-refractivity contribution in [2.45, 2.75) is 20.8 Å². The average molecular weight is 323 g/mol. The van der Waals surface area contributed by atoms with Crippen LogP contribution in [0.3, 0.4) is 0 Å². The first-order chi connectivity index (χ1) is 11.5. The fourth-order valence-electron chi connectivity index (χ4n) is 2.35. The molecule has 0 saturated carbocycles. The van der Waals surface area contributed by atoms with Crippen LogP contribution in [0.15, 0.2) is 48.7 Å². The van der Waals surface area contributed by atoms with Crippen LogP contribution < -0.4 is 10.1 Å². The molecular weight excluding hydrogens is 302 g/mol. The quantitative estimate of drug-likeness (QED) is 0.774. The van der Waals surface area contributed by atoms with E-state index in [1.165, 1.54) is 0 Å². The molecule has 0 bridgehead atoms. The summed E-state index contributed by atoms with van der Waals surface area (Å²) < 4.78 is 7.54. The molecule has 2 heterocycles. The van der Waals surface area contributed by atoms with Crippen LogP contribution >= 0.6 is 0 Å². The first-order valence-corrected chi connectivity index (χ1v) is 8.02. The zero-order chi connectivity index (χ0) is 17.1. The van der Waals surface area contributed by atoms with E-state index in [-0.39, 0.29) is 5.91 Å². The van der Waals surface area contributed by atoms with Gasteiger partial charge in [0.1, 0.15) is 17.1 Å². The molecule has 5 heteroatoms. The number of nitrogens with one attached hydrogen (secondary N) is 1. The smallest absolute Gasteiger partial charge is 0.275 e. The molecule has 5 nitrogen and oxygen atoms in total. The molecule has 2 aromatic heterocycles. The van der Waals surface area contributed by atoms with E-state index in [1.54, 1.807) is 6.20 Å². The number of benzene rings is 1. The standard InChI is InChI=1S/C19H21N3O2/c1-13(2)12-24-16-9-7-15(8-10-16)20-19(23)17-11-22-14(3)5-4-6-18(22)21-17/h4-11,13H,12H2,1-3H3,(H,20,23). The first kappa shape index (κ1) is 16.1. The van der Waals surface area contributed by atoms with Crippen LogP contribution in [0.1, 0.15) is 30.0 Å². The Labute approximate surface area is 141 Å². The van der Waals surface area contributed by atoms with E-state index < -0.39 is 0 Å². The second-order valence-corrected chi connectivity index (χ2v) is 6.20. The summed E-state index contributed by atoms with van der Waals surface area (Å²) in [6.07, 6.45) is 1.75. The fourth-order valence-corrected chi connectivity index (χ4v) is 2.35. The normalized spacial score (nSPS) is 11.0. The number of hydrogen-bond donors (Lipinski definition) is 1. The number of fused-ring (bicyclic) bond motifs is 1. The molecule has 0 saturated heterocycles. The molecular formula is C19H21N3O2. The zero-order valence-corrected chi connectivity index (χ0v) is 14.1. The molecule has 3 aromatic rings. The lowest BCUT2D eigenvalue weighted by Crippen LogP contribution is -2.12. The molecule has 0 atom stereocenters. The minimum absolute atomic E-state index is 0.228. The number of aryl methyl sites for hydroxylation is 1. The molecule has 1 aromatic carbocycles. The highest BCUT2D eigenvalue weighted by molar-refractivity contribution is 6.03. The van der Waals surface area contributed by atoms with Gasteiger partial charge in [0.05, 0.1) is 6.61 Å². The highest BCUT2D eigenvalue weighted by Crippen LogP contribution is 2.17. The van der Waals surface area contributed by atoms with Gasteiger partial charge in [0.15, 0.2) is 0 Å². The fraction of sp³-hybridized carbons (Fsp3) is 0.263. The monoisotopic (exact) mass is 323 g/mol. The van der Waals surface area contributed by atoms with Crippen molar-refractivity contribution in [2.75, 3.05) is 11.9 Å². The maximum atomic E-state index is 12.4. The summed E-state index contributed by atoms with van der Waals surface area (Å²) in [6, 6.07) is 13.1. The van der Waals surface area contributed by atoms with Crippen LogP contribution in [0.5, 0.6) is 5.75 Å². The highest BCUT2D eigenvalue weighted by Gasteiger charge is 2.11. The SMILES string of the molecule is Cc1cccc2nc(C(=O)Nc3ccc(OCC(C)C)cc3)cn12. The van der Waals surface area contributed by atoms with Crippen LogP contribution in [0.4, 0.5) is 5.69 Å². The topological polar surface area (TPSA) is 55.6 Å². The Bertz CT molecular complexity index is 851. The van der Waals surface area contributed by atoms with Crippen LogP contribution in [-0.2, 0) is 0 Å². The maximum absolute atomic E-state index is 12.4. The number of rotatable bonds is 5. The number of pyridine rings is 1. The Balaban J connectivity index is 1.70. The van der Waals surface area contributed by atoms with Gasteiger partial charge in [0, 0.05) is 17.6 Å². The van der Waals surface area contributed by atoms with Crippen molar-refractivity contribution in [2.24, 2.45) is 5.92 Å². The van der Waals surface area contributed by atoms with Crippen LogP contribution in [0, 0.1) is 12.8 Å². The molecule has 0 unspecified atom stereocenters. The third kappa shape index (κ3) is 3.56. The van der Waals surface area contributed by atoms with Gasteiger partial charge >= 0.3 is 0 Å². The van der Waals surface area contributed by atoms with Gasteiger partial charge in [-0.15, -0.1) is 0 Å². The minimum atomic E-state index is -0.228. The van der Waals surface area contributed by atoms with Crippen LogP contribution in [0.25, 0.3) is 5.65 Å². The van der Waals surface area contributed by atoms with Crippen molar-refractivity contribution in [1.29, 1.82) is 0 Å². The molecule has 0 fully saturated rings. The van der Waals surface area contributed by atoms with Gasteiger partial charge in [-0.05, 0) is 49.2 Å². The van der Waals surface area contributed by atoms with Crippen LogP contribution in [-0.4, -0.2) is 21.9 Å². The Morgan fingerprint density at radius 2 is 1.96 bits per heavy atom. The largest absolute Gasteiger partial charge is 0.493 e. The lowest BCUT2D eigenvalue weighted by atomic mass is 10.2. The summed E-state index contributed by atoms with van der Waals surface area (Å²) in [5, 5.41) is 2.86. The third-order valence-electron chi connectivity index (χ3n) is 3.62. The van der Waals surface area contributed by atoms with Gasteiger partial charge in [-0.2, -0.15) is 0 Å². The van der Waals surface area contributed by atoms with E-state index in [4.69, 9.17) is 4.74 Å². The molecule has 1 N–H and O–H groups in total. The predicted molar refractivity (Wildman–Crippen MR) is 94.7 cm³/mol. The Kier molecular flexibility index (Phi) is 4.51. The number of aromatic nitrogens is 2. The van der Waals surface area contributed by atoms with Gasteiger partial charge in [-0.1, -0.05) is 19.9 Å². The number of carbonyl (C=O) groups excluding carboxylic acids is 1. The lowest BCUT2D eigenvalue weighted by molar-refractivity contribution is 0.102. The Hall–Kier alpha value is -2.82. The summed E-state index contributed by atoms with van der Waals surface area (Å²) >= 11 is 0. The number of carbonyl (C=O) groups is 1. The molecule has 0 aliphatic rings. The Morgan fingerprint density at radius 1 is 1.21 bits per heavy atom. The van der Waals surface area contributed by atoms with Crippen molar-refractivity contribution >= 4 is 17.2 Å². The molecule has 0 aliphatic heterocycles. The van der Waals surface area contributed by atoms with Crippen molar-refractivity contribution in [3.8, 4) is 5.75 Å². The van der Waals surface area contributed by atoms with Gasteiger partial charge in [-0.25, -0.2) is 4.98 Å². The van der Waals surface area contributed by atoms with Gasteiger partial charge in [0.2, 0.25) is 0 Å². The zero-order valence-electron chi connectivity index (χ0n) is 14.1. The second kappa shape index (κ2) is 6.74. The highest BCUT2D eigenvalue weighted by atomic mass is 16.5. The molecule has 1 amide bonds. The van der Waals surface area contributed by atoms with E-state index >= 15 is 0 Å². The molecule has 0 spiro atoms. The van der Waals surface area contributed by atoms with Gasteiger partial charge in [-0.3, -0.25) is 4.79 Å².